The number of hydrogen-bond donors (Lipinski definition) is 2. The molecule has 9 heteroatoms. The van der Waals surface area contributed by atoms with Crippen molar-refractivity contribution in [2.45, 2.75) is 26.4 Å². The third-order valence-corrected chi connectivity index (χ3v) is 5.42. The summed E-state index contributed by atoms with van der Waals surface area (Å²) in [6.07, 6.45) is 3.26. The highest BCUT2D eigenvalue weighted by Gasteiger charge is 2.15. The van der Waals surface area contributed by atoms with Crippen molar-refractivity contribution in [3.8, 4) is 0 Å². The number of halogens is 1. The number of aliphatic hydroxyl groups excluding tert-OH is 1. The van der Waals surface area contributed by atoms with Crippen molar-refractivity contribution in [2.24, 2.45) is 10.1 Å². The van der Waals surface area contributed by atoms with E-state index in [-0.39, 0.29) is 12.1 Å². The summed E-state index contributed by atoms with van der Waals surface area (Å²) < 4.78 is 16.3. The van der Waals surface area contributed by atoms with Gasteiger partial charge in [0.15, 0.2) is 0 Å². The van der Waals surface area contributed by atoms with E-state index in [0.29, 0.717) is 23.6 Å². The van der Waals surface area contributed by atoms with Crippen LogP contribution in [-0.4, -0.2) is 50.7 Å². The first-order valence-corrected chi connectivity index (χ1v) is 11.0. The zero-order valence-corrected chi connectivity index (χ0v) is 19.4. The molecule has 35 heavy (non-hydrogen) atoms. The van der Waals surface area contributed by atoms with Gasteiger partial charge in [-0.3, -0.25) is 9.78 Å². The van der Waals surface area contributed by atoms with E-state index in [1.54, 1.807) is 30.1 Å². The van der Waals surface area contributed by atoms with E-state index in [1.165, 1.54) is 19.1 Å². The molecule has 0 saturated heterocycles. The highest BCUT2D eigenvalue weighted by atomic mass is 19.1. The van der Waals surface area contributed by atoms with E-state index in [9.17, 15) is 14.3 Å². The molecule has 1 amide bonds. The first-order chi connectivity index (χ1) is 16.9. The number of aliphatic hydroxyl groups is 1. The number of fused-ring (bicyclic) bond motifs is 1. The molecule has 4 rings (SSSR count). The lowest BCUT2D eigenvalue weighted by atomic mass is 10.1. The second kappa shape index (κ2) is 10.4. The molecule has 0 aliphatic carbocycles. The number of aromatic nitrogens is 3. The number of nitrogens with one attached hydrogen (secondary N) is 1. The predicted octanol–water partition coefficient (Wildman–Crippen LogP) is 3.88. The van der Waals surface area contributed by atoms with Crippen LogP contribution in [0, 0.1) is 5.82 Å². The minimum Gasteiger partial charge on any atom is -0.392 e. The number of rotatable bonds is 8. The molecule has 178 valence electrons. The van der Waals surface area contributed by atoms with Gasteiger partial charge >= 0.3 is 0 Å². The van der Waals surface area contributed by atoms with Gasteiger partial charge in [-0.15, -0.1) is 0 Å². The molecule has 2 heterocycles. The Morgan fingerprint density at radius 2 is 2.06 bits per heavy atom. The minimum atomic E-state index is -0.723. The van der Waals surface area contributed by atoms with Crippen LogP contribution in [-0.2, 0) is 6.42 Å². The molecule has 0 aliphatic rings. The summed E-state index contributed by atoms with van der Waals surface area (Å²) in [6.45, 7) is 6.88. The summed E-state index contributed by atoms with van der Waals surface area (Å²) in [4.78, 5) is 24.8. The fourth-order valence-corrected chi connectivity index (χ4v) is 3.62. The van der Waals surface area contributed by atoms with Gasteiger partial charge in [0, 0.05) is 30.1 Å². The van der Waals surface area contributed by atoms with Crippen LogP contribution in [0.4, 0.5) is 10.3 Å². The Labute approximate surface area is 201 Å². The van der Waals surface area contributed by atoms with E-state index in [2.05, 4.69) is 38.2 Å². The Morgan fingerprint density at radius 1 is 1.23 bits per heavy atom. The number of hydrogen-bond acceptors (Lipinski definition) is 6. The molecule has 0 fully saturated rings. The molecule has 0 radical (unpaired) electrons. The average Bonchev–Trinajstić information content (AvgIpc) is 3.23. The Bertz CT molecular complexity index is 1430. The van der Waals surface area contributed by atoms with E-state index in [4.69, 9.17) is 0 Å². The van der Waals surface area contributed by atoms with E-state index >= 15 is 0 Å². The van der Waals surface area contributed by atoms with Gasteiger partial charge in [-0.05, 0) is 56.5 Å². The maximum Gasteiger partial charge on any atom is 0.254 e. The minimum absolute atomic E-state index is 0.0367. The highest BCUT2D eigenvalue weighted by molar-refractivity contribution is 6.00. The molecule has 2 N–H and O–H groups in total. The second-order valence-electron chi connectivity index (χ2n) is 8.17. The third-order valence-electron chi connectivity index (χ3n) is 5.42. The van der Waals surface area contributed by atoms with Crippen LogP contribution < -0.4 is 5.32 Å². The van der Waals surface area contributed by atoms with Gasteiger partial charge in [-0.2, -0.15) is 5.10 Å². The number of carbonyl (C=O) groups is 1. The van der Waals surface area contributed by atoms with Crippen molar-refractivity contribution in [1.29, 1.82) is 0 Å². The molecule has 1 atom stereocenters. The molecule has 2 aromatic heterocycles. The standard InChI is InChI=1S/C26H25FN6O2/c1-16(34)14-30-25(35)22-8-7-19(13-23(22)27)17(2)32-33-21(15-31-26(33)28-3)12-18-6-9-24-20(11-18)5-4-10-29-24/h4-11,13,15-16,34H,3,12,14H2,1-2H3,(H,30,35)/b32-17+/t16-/m1/s1. The molecule has 8 nitrogen and oxygen atoms in total. The van der Waals surface area contributed by atoms with Gasteiger partial charge in [-0.1, -0.05) is 18.2 Å². The summed E-state index contributed by atoms with van der Waals surface area (Å²) in [5, 5.41) is 17.5. The first-order valence-electron chi connectivity index (χ1n) is 11.0. The van der Waals surface area contributed by atoms with Crippen LogP contribution in [0.2, 0.25) is 0 Å². The number of pyridine rings is 1. The van der Waals surface area contributed by atoms with Crippen LogP contribution in [0.3, 0.4) is 0 Å². The Morgan fingerprint density at radius 3 is 2.80 bits per heavy atom. The normalized spacial score (nSPS) is 12.5. The molecule has 0 bridgehead atoms. The summed E-state index contributed by atoms with van der Waals surface area (Å²) in [7, 11) is 0. The monoisotopic (exact) mass is 472 g/mol. The number of imidazole rings is 1. The second-order valence-corrected chi connectivity index (χ2v) is 8.17. The van der Waals surface area contributed by atoms with Crippen molar-refractivity contribution in [2.75, 3.05) is 6.54 Å². The molecular weight excluding hydrogens is 447 g/mol. The largest absolute Gasteiger partial charge is 0.392 e. The molecule has 0 spiro atoms. The van der Waals surface area contributed by atoms with E-state index < -0.39 is 17.8 Å². The smallest absolute Gasteiger partial charge is 0.254 e. The third kappa shape index (κ3) is 5.47. The van der Waals surface area contributed by atoms with Crippen LogP contribution >= 0.6 is 0 Å². The SMILES string of the molecule is C=Nc1ncc(Cc2ccc3ncccc3c2)n1/N=C(\C)c1ccc(C(=O)NC[C@@H](C)O)c(F)c1. The molecule has 2 aromatic carbocycles. The van der Waals surface area contributed by atoms with Gasteiger partial charge in [-0.25, -0.2) is 19.0 Å². The fourth-order valence-electron chi connectivity index (χ4n) is 3.62. The van der Waals surface area contributed by atoms with Crippen LogP contribution in [0.1, 0.15) is 41.0 Å². The zero-order chi connectivity index (χ0) is 24.9. The Hall–Kier alpha value is -4.24. The number of benzene rings is 2. The molecule has 0 unspecified atom stereocenters. The first kappa shape index (κ1) is 23.9. The maximum absolute atomic E-state index is 14.7. The zero-order valence-electron chi connectivity index (χ0n) is 19.4. The fraction of sp³-hybridized carbons (Fsp3) is 0.192. The van der Waals surface area contributed by atoms with Crippen molar-refractivity contribution in [3.63, 3.8) is 0 Å². The molecule has 0 saturated carbocycles. The molecular formula is C26H25FN6O2. The van der Waals surface area contributed by atoms with Crippen LogP contribution in [0.5, 0.6) is 0 Å². The average molecular weight is 473 g/mol. The van der Waals surface area contributed by atoms with Gasteiger partial charge in [0.2, 0.25) is 5.95 Å². The lowest BCUT2D eigenvalue weighted by Crippen LogP contribution is -2.31. The van der Waals surface area contributed by atoms with Gasteiger partial charge in [0.25, 0.3) is 5.91 Å². The van der Waals surface area contributed by atoms with Gasteiger partial charge in [0.1, 0.15) is 5.82 Å². The van der Waals surface area contributed by atoms with Crippen molar-refractivity contribution in [1.82, 2.24) is 20.0 Å². The topological polar surface area (TPSA) is 105 Å². The summed E-state index contributed by atoms with van der Waals surface area (Å²) >= 11 is 0. The van der Waals surface area contributed by atoms with Crippen LogP contribution in [0.15, 0.2) is 71.0 Å². The summed E-state index contributed by atoms with van der Waals surface area (Å²) in [5.41, 5.74) is 3.65. The Balaban J connectivity index is 1.61. The molecule has 4 aromatic rings. The lowest BCUT2D eigenvalue weighted by molar-refractivity contribution is 0.0920. The lowest BCUT2D eigenvalue weighted by Gasteiger charge is -2.10. The number of aliphatic imine (C=N–C) groups is 1. The maximum atomic E-state index is 14.7. The quantitative estimate of drug-likeness (QED) is 0.380. The van der Waals surface area contributed by atoms with Gasteiger partial charge < -0.3 is 10.4 Å². The Kier molecular flexibility index (Phi) is 7.07. The summed E-state index contributed by atoms with van der Waals surface area (Å²) in [5.74, 6) is -0.959. The van der Waals surface area contributed by atoms with Crippen molar-refractivity contribution in [3.05, 3.63) is 89.1 Å². The summed E-state index contributed by atoms with van der Waals surface area (Å²) in [6, 6.07) is 14.2. The number of nitrogens with zero attached hydrogens (tertiary/aromatic N) is 5. The van der Waals surface area contributed by atoms with E-state index in [0.717, 1.165) is 22.2 Å². The predicted molar refractivity (Wildman–Crippen MR) is 134 cm³/mol. The van der Waals surface area contributed by atoms with Crippen molar-refractivity contribution < 1.29 is 14.3 Å². The molecule has 0 aliphatic heterocycles. The highest BCUT2D eigenvalue weighted by Crippen LogP contribution is 2.21. The van der Waals surface area contributed by atoms with E-state index in [1.807, 2.05) is 24.3 Å². The number of amides is 1. The van der Waals surface area contributed by atoms with Gasteiger partial charge in [0.05, 0.1) is 34.8 Å². The van der Waals surface area contributed by atoms with Crippen molar-refractivity contribution >= 4 is 35.2 Å². The number of carbonyl (C=O) groups excluding carboxylic acids is 1. The van der Waals surface area contributed by atoms with Crippen LogP contribution in [0.25, 0.3) is 10.9 Å².